The van der Waals surface area contributed by atoms with Crippen molar-refractivity contribution in [1.82, 2.24) is 0 Å². The molecule has 0 saturated carbocycles. The molecule has 0 aromatic heterocycles. The van der Waals surface area contributed by atoms with Crippen LogP contribution in [-0.4, -0.2) is 25.3 Å². The lowest BCUT2D eigenvalue weighted by Crippen LogP contribution is -2.16. The summed E-state index contributed by atoms with van der Waals surface area (Å²) in [6, 6.07) is 4.88. The number of rotatable bonds is 4. The molecule has 1 rings (SSSR count). The van der Waals surface area contributed by atoms with Crippen molar-refractivity contribution < 1.29 is 19.1 Å². The van der Waals surface area contributed by atoms with Gasteiger partial charge in [0.15, 0.2) is 0 Å². The van der Waals surface area contributed by atoms with Crippen LogP contribution in [0.4, 0.5) is 10.5 Å². The van der Waals surface area contributed by atoms with Gasteiger partial charge in [0.1, 0.15) is 0 Å². The van der Waals surface area contributed by atoms with E-state index in [1.165, 1.54) is 0 Å². The van der Waals surface area contributed by atoms with Crippen LogP contribution in [0, 0.1) is 0 Å². The fraction of sp³-hybridized carbons (Fsp3) is 0.333. The van der Waals surface area contributed by atoms with Crippen LogP contribution in [0.1, 0.15) is 24.2 Å². The third kappa shape index (κ3) is 4.03. The van der Waals surface area contributed by atoms with Gasteiger partial charge in [0.05, 0.1) is 24.5 Å². The number of anilines is 1. The molecule has 1 amide bonds. The van der Waals surface area contributed by atoms with Crippen molar-refractivity contribution in [3.63, 3.8) is 0 Å². The molecular weight excluding hydrogens is 302 g/mol. The lowest BCUT2D eigenvalue weighted by molar-refractivity contribution is 0.0527. The van der Waals surface area contributed by atoms with Gasteiger partial charge in [-0.15, -0.1) is 0 Å². The highest BCUT2D eigenvalue weighted by atomic mass is 79.9. The zero-order valence-corrected chi connectivity index (χ0v) is 11.7. The van der Waals surface area contributed by atoms with Crippen LogP contribution in [0.5, 0.6) is 0 Å². The van der Waals surface area contributed by atoms with E-state index in [0.29, 0.717) is 5.69 Å². The molecule has 1 aromatic rings. The number of ether oxygens (including phenoxy) is 2. The highest BCUT2D eigenvalue weighted by molar-refractivity contribution is 9.10. The Morgan fingerprint density at radius 2 is 1.89 bits per heavy atom. The van der Waals surface area contributed by atoms with Gasteiger partial charge in [-0.25, -0.2) is 9.59 Å². The highest BCUT2D eigenvalue weighted by Crippen LogP contribution is 2.22. The van der Waals surface area contributed by atoms with Crippen LogP contribution in [0.2, 0.25) is 0 Å². The van der Waals surface area contributed by atoms with Gasteiger partial charge < -0.3 is 9.47 Å². The molecule has 0 aliphatic heterocycles. The van der Waals surface area contributed by atoms with Crippen LogP contribution in [0.25, 0.3) is 0 Å². The molecule has 1 aromatic carbocycles. The summed E-state index contributed by atoms with van der Waals surface area (Å²) in [5.74, 6) is -0.489. The van der Waals surface area contributed by atoms with Gasteiger partial charge in [0.2, 0.25) is 0 Å². The van der Waals surface area contributed by atoms with Crippen molar-refractivity contribution in [2.75, 3.05) is 18.5 Å². The summed E-state index contributed by atoms with van der Waals surface area (Å²) in [7, 11) is 0. The first-order valence-corrected chi connectivity index (χ1v) is 6.28. The van der Waals surface area contributed by atoms with Gasteiger partial charge in [0.25, 0.3) is 0 Å². The molecule has 6 heteroatoms. The van der Waals surface area contributed by atoms with Gasteiger partial charge in [-0.05, 0) is 32.0 Å². The maximum Gasteiger partial charge on any atom is 0.411 e. The lowest BCUT2D eigenvalue weighted by atomic mass is 10.2. The Morgan fingerprint density at radius 1 is 1.22 bits per heavy atom. The smallest absolute Gasteiger partial charge is 0.411 e. The molecule has 98 valence electrons. The Labute approximate surface area is 114 Å². The average Bonchev–Trinajstić information content (AvgIpc) is 2.29. The third-order valence-electron chi connectivity index (χ3n) is 1.99. The monoisotopic (exact) mass is 315 g/mol. The number of hydrogen-bond acceptors (Lipinski definition) is 4. The maximum absolute atomic E-state index is 11.7. The zero-order chi connectivity index (χ0) is 13.5. The van der Waals surface area contributed by atoms with Gasteiger partial charge in [-0.2, -0.15) is 0 Å². The van der Waals surface area contributed by atoms with Gasteiger partial charge in [-0.3, -0.25) is 5.32 Å². The van der Waals surface area contributed by atoms with Gasteiger partial charge in [-0.1, -0.05) is 15.9 Å². The number of hydrogen-bond donors (Lipinski definition) is 1. The quantitative estimate of drug-likeness (QED) is 0.867. The number of amides is 1. The molecular formula is C12H14BrNO4. The van der Waals surface area contributed by atoms with Crippen molar-refractivity contribution in [3.8, 4) is 0 Å². The number of halogens is 1. The Morgan fingerprint density at radius 3 is 2.50 bits per heavy atom. The van der Waals surface area contributed by atoms with Crippen LogP contribution < -0.4 is 5.32 Å². The second-order valence-corrected chi connectivity index (χ2v) is 4.17. The minimum atomic E-state index is -0.610. The average molecular weight is 316 g/mol. The molecule has 0 aliphatic rings. The number of carbonyl (C=O) groups is 2. The van der Waals surface area contributed by atoms with Crippen molar-refractivity contribution >= 4 is 33.7 Å². The Balaban J connectivity index is 2.96. The van der Waals surface area contributed by atoms with E-state index in [2.05, 4.69) is 21.2 Å². The van der Waals surface area contributed by atoms with Crippen molar-refractivity contribution in [2.45, 2.75) is 13.8 Å². The van der Waals surface area contributed by atoms with Crippen molar-refractivity contribution in [1.29, 1.82) is 0 Å². The first-order chi connectivity index (χ1) is 8.58. The van der Waals surface area contributed by atoms with Crippen molar-refractivity contribution in [2.24, 2.45) is 0 Å². The highest BCUT2D eigenvalue weighted by Gasteiger charge is 2.15. The summed E-state index contributed by atoms with van der Waals surface area (Å²) in [6.45, 7) is 3.95. The van der Waals surface area contributed by atoms with Crippen LogP contribution in [-0.2, 0) is 9.47 Å². The fourth-order valence-corrected chi connectivity index (χ4v) is 1.64. The maximum atomic E-state index is 11.7. The summed E-state index contributed by atoms with van der Waals surface area (Å²) < 4.78 is 10.4. The van der Waals surface area contributed by atoms with Gasteiger partial charge >= 0.3 is 12.1 Å². The molecule has 0 radical (unpaired) electrons. The minimum Gasteiger partial charge on any atom is -0.462 e. The first-order valence-electron chi connectivity index (χ1n) is 5.49. The van der Waals surface area contributed by atoms with Crippen LogP contribution in [0.3, 0.4) is 0 Å². The number of esters is 1. The van der Waals surface area contributed by atoms with Crippen LogP contribution >= 0.6 is 15.9 Å². The summed E-state index contributed by atoms with van der Waals surface area (Å²) in [5, 5.41) is 2.50. The molecule has 0 heterocycles. The SMILES string of the molecule is CCOC(=O)Nc1cc(Br)ccc1C(=O)OCC. The van der Waals surface area contributed by atoms with E-state index >= 15 is 0 Å². The zero-order valence-electron chi connectivity index (χ0n) is 10.2. The van der Waals surface area contributed by atoms with E-state index in [1.54, 1.807) is 32.0 Å². The lowest BCUT2D eigenvalue weighted by Gasteiger charge is -2.10. The van der Waals surface area contributed by atoms with E-state index in [9.17, 15) is 9.59 Å². The first kappa shape index (κ1) is 14.5. The Kier molecular flexibility index (Phi) is 5.64. The molecule has 0 aliphatic carbocycles. The van der Waals surface area contributed by atoms with Crippen LogP contribution in [0.15, 0.2) is 22.7 Å². The topological polar surface area (TPSA) is 64.6 Å². The predicted molar refractivity (Wildman–Crippen MR) is 70.7 cm³/mol. The molecule has 0 saturated heterocycles. The number of benzene rings is 1. The van der Waals surface area contributed by atoms with E-state index in [4.69, 9.17) is 9.47 Å². The fourth-order valence-electron chi connectivity index (χ4n) is 1.28. The summed E-state index contributed by atoms with van der Waals surface area (Å²) in [5.41, 5.74) is 0.634. The molecule has 0 unspecified atom stereocenters. The molecule has 0 atom stereocenters. The predicted octanol–water partition coefficient (Wildman–Crippen LogP) is 3.19. The molecule has 0 fully saturated rings. The van der Waals surface area contributed by atoms with E-state index < -0.39 is 12.1 Å². The number of nitrogens with one attached hydrogen (secondary N) is 1. The standard InChI is InChI=1S/C12H14BrNO4/c1-3-17-11(15)9-6-5-8(13)7-10(9)14-12(16)18-4-2/h5-7H,3-4H2,1-2H3,(H,14,16). The molecule has 1 N–H and O–H groups in total. The Hall–Kier alpha value is -1.56. The normalized spacial score (nSPS) is 9.72. The third-order valence-corrected chi connectivity index (χ3v) is 2.48. The van der Waals surface area contributed by atoms with Crippen molar-refractivity contribution in [3.05, 3.63) is 28.2 Å². The molecule has 18 heavy (non-hydrogen) atoms. The largest absolute Gasteiger partial charge is 0.462 e. The molecule has 0 spiro atoms. The van der Waals surface area contributed by atoms with E-state index in [1.807, 2.05) is 0 Å². The minimum absolute atomic E-state index is 0.259. The summed E-state index contributed by atoms with van der Waals surface area (Å²) >= 11 is 3.27. The summed E-state index contributed by atoms with van der Waals surface area (Å²) in [4.78, 5) is 23.0. The van der Waals surface area contributed by atoms with Gasteiger partial charge in [0, 0.05) is 4.47 Å². The number of carbonyl (C=O) groups excluding carboxylic acids is 2. The molecule has 0 bridgehead atoms. The summed E-state index contributed by atoms with van der Waals surface area (Å²) in [6.07, 6.45) is -0.610. The van der Waals surface area contributed by atoms with E-state index in [-0.39, 0.29) is 18.8 Å². The second-order valence-electron chi connectivity index (χ2n) is 3.26. The Bertz CT molecular complexity index is 448. The second kappa shape index (κ2) is 7.00. The van der Waals surface area contributed by atoms with E-state index in [0.717, 1.165) is 4.47 Å². The molecule has 5 nitrogen and oxygen atoms in total.